The van der Waals surface area contributed by atoms with E-state index < -0.39 is 0 Å². The molecule has 1 amide bonds. The van der Waals surface area contributed by atoms with Crippen LogP contribution in [-0.4, -0.2) is 61.0 Å². The lowest BCUT2D eigenvalue weighted by Gasteiger charge is -2.32. The SMILES string of the molecule is COc1cc(-c2cccc3cccnc23)ccc1C(=O)N1CCN(C)CC1. The zero-order chi connectivity index (χ0) is 18.8. The number of hydrogen-bond acceptors (Lipinski definition) is 4. The Morgan fingerprint density at radius 2 is 1.81 bits per heavy atom. The van der Waals surface area contributed by atoms with Gasteiger partial charge >= 0.3 is 0 Å². The molecular formula is C22H23N3O2. The molecule has 0 bridgehead atoms. The molecule has 5 nitrogen and oxygen atoms in total. The topological polar surface area (TPSA) is 45.7 Å². The lowest BCUT2D eigenvalue weighted by Crippen LogP contribution is -2.47. The number of rotatable bonds is 3. The molecule has 1 aromatic heterocycles. The fourth-order valence-electron chi connectivity index (χ4n) is 3.55. The maximum absolute atomic E-state index is 13.0. The number of hydrogen-bond donors (Lipinski definition) is 0. The molecule has 4 rings (SSSR count). The minimum absolute atomic E-state index is 0.0301. The van der Waals surface area contributed by atoms with Crippen molar-refractivity contribution in [3.8, 4) is 16.9 Å². The molecular weight excluding hydrogens is 338 g/mol. The van der Waals surface area contributed by atoms with Crippen molar-refractivity contribution in [3.63, 3.8) is 0 Å². The molecule has 27 heavy (non-hydrogen) atoms. The Hall–Kier alpha value is -2.92. The number of benzene rings is 2. The molecule has 5 heteroatoms. The summed E-state index contributed by atoms with van der Waals surface area (Å²) in [5.41, 5.74) is 3.58. The first kappa shape index (κ1) is 17.5. The second-order valence-corrected chi connectivity index (χ2v) is 6.89. The number of carbonyl (C=O) groups is 1. The molecule has 1 aliphatic heterocycles. The number of para-hydroxylation sites is 1. The van der Waals surface area contributed by atoms with Crippen molar-refractivity contribution in [2.45, 2.75) is 0 Å². The second kappa shape index (κ2) is 7.37. The lowest BCUT2D eigenvalue weighted by atomic mass is 9.99. The van der Waals surface area contributed by atoms with Crippen LogP contribution >= 0.6 is 0 Å². The Balaban J connectivity index is 1.70. The summed E-state index contributed by atoms with van der Waals surface area (Å²) in [5, 5.41) is 1.09. The maximum atomic E-state index is 13.0. The van der Waals surface area contributed by atoms with Gasteiger partial charge in [0.15, 0.2) is 0 Å². The van der Waals surface area contributed by atoms with Crippen LogP contribution < -0.4 is 4.74 Å². The first-order chi connectivity index (χ1) is 13.2. The van der Waals surface area contributed by atoms with Crippen molar-refractivity contribution in [1.82, 2.24) is 14.8 Å². The van der Waals surface area contributed by atoms with E-state index in [1.165, 1.54) is 0 Å². The highest BCUT2D eigenvalue weighted by Gasteiger charge is 2.23. The molecule has 0 saturated carbocycles. The summed E-state index contributed by atoms with van der Waals surface area (Å²) in [7, 11) is 3.69. The Morgan fingerprint density at radius 1 is 1.04 bits per heavy atom. The molecule has 1 aliphatic rings. The minimum Gasteiger partial charge on any atom is -0.496 e. The Bertz CT molecular complexity index is 973. The van der Waals surface area contributed by atoms with Crippen LogP contribution in [0, 0.1) is 0 Å². The van der Waals surface area contributed by atoms with E-state index in [0.29, 0.717) is 11.3 Å². The van der Waals surface area contributed by atoms with Crippen molar-refractivity contribution >= 4 is 16.8 Å². The predicted molar refractivity (Wildman–Crippen MR) is 107 cm³/mol. The zero-order valence-electron chi connectivity index (χ0n) is 15.7. The first-order valence-corrected chi connectivity index (χ1v) is 9.17. The van der Waals surface area contributed by atoms with E-state index in [-0.39, 0.29) is 5.91 Å². The van der Waals surface area contributed by atoms with Crippen LogP contribution in [0.2, 0.25) is 0 Å². The highest BCUT2D eigenvalue weighted by Crippen LogP contribution is 2.32. The quantitative estimate of drug-likeness (QED) is 0.718. The smallest absolute Gasteiger partial charge is 0.257 e. The van der Waals surface area contributed by atoms with Gasteiger partial charge in [0.1, 0.15) is 5.75 Å². The van der Waals surface area contributed by atoms with Gasteiger partial charge in [0.25, 0.3) is 5.91 Å². The van der Waals surface area contributed by atoms with Crippen LogP contribution in [0.4, 0.5) is 0 Å². The third kappa shape index (κ3) is 3.38. The average molecular weight is 361 g/mol. The van der Waals surface area contributed by atoms with Crippen LogP contribution in [0.15, 0.2) is 54.7 Å². The van der Waals surface area contributed by atoms with E-state index in [2.05, 4.69) is 16.9 Å². The fourth-order valence-corrected chi connectivity index (χ4v) is 3.55. The zero-order valence-corrected chi connectivity index (χ0v) is 15.7. The van der Waals surface area contributed by atoms with Gasteiger partial charge in [-0.1, -0.05) is 30.3 Å². The summed E-state index contributed by atoms with van der Waals surface area (Å²) in [6.07, 6.45) is 1.80. The number of ether oxygens (including phenoxy) is 1. The van der Waals surface area contributed by atoms with Crippen LogP contribution in [0.3, 0.4) is 0 Å². The molecule has 3 aromatic rings. The average Bonchev–Trinajstić information content (AvgIpc) is 2.73. The summed E-state index contributed by atoms with van der Waals surface area (Å²) in [4.78, 5) is 21.6. The van der Waals surface area contributed by atoms with Gasteiger partial charge in [-0.3, -0.25) is 9.78 Å². The molecule has 0 unspecified atom stereocenters. The largest absolute Gasteiger partial charge is 0.496 e. The fraction of sp³-hybridized carbons (Fsp3) is 0.273. The van der Waals surface area contributed by atoms with Crippen molar-refractivity contribution in [3.05, 3.63) is 60.3 Å². The summed E-state index contributed by atoms with van der Waals surface area (Å²) in [5.74, 6) is 0.631. The van der Waals surface area contributed by atoms with Crippen molar-refractivity contribution in [2.24, 2.45) is 0 Å². The normalized spacial score (nSPS) is 15.1. The molecule has 1 fully saturated rings. The van der Waals surface area contributed by atoms with Crippen LogP contribution in [-0.2, 0) is 0 Å². The van der Waals surface area contributed by atoms with Crippen LogP contribution in [0.5, 0.6) is 5.75 Å². The molecule has 0 spiro atoms. The molecule has 0 radical (unpaired) electrons. The van der Waals surface area contributed by atoms with E-state index in [9.17, 15) is 4.79 Å². The molecule has 2 aromatic carbocycles. The number of pyridine rings is 1. The first-order valence-electron chi connectivity index (χ1n) is 9.17. The van der Waals surface area contributed by atoms with Crippen molar-refractivity contribution in [1.29, 1.82) is 0 Å². The van der Waals surface area contributed by atoms with E-state index in [4.69, 9.17) is 4.74 Å². The molecule has 138 valence electrons. The number of likely N-dealkylation sites (N-methyl/N-ethyl adjacent to an activating group) is 1. The number of fused-ring (bicyclic) bond motifs is 1. The molecule has 0 atom stereocenters. The molecule has 0 N–H and O–H groups in total. The third-order valence-corrected chi connectivity index (χ3v) is 5.17. The van der Waals surface area contributed by atoms with Crippen molar-refractivity contribution < 1.29 is 9.53 Å². The second-order valence-electron chi connectivity index (χ2n) is 6.89. The van der Waals surface area contributed by atoms with Crippen LogP contribution in [0.1, 0.15) is 10.4 Å². The maximum Gasteiger partial charge on any atom is 0.257 e. The summed E-state index contributed by atoms with van der Waals surface area (Å²) >= 11 is 0. The summed E-state index contributed by atoms with van der Waals surface area (Å²) in [6, 6.07) is 15.9. The van der Waals surface area contributed by atoms with Gasteiger partial charge in [0, 0.05) is 43.3 Å². The standard InChI is InChI=1S/C22H23N3O2/c1-24-11-13-25(14-12-24)22(26)19-9-8-17(15-20(19)27-2)18-7-3-5-16-6-4-10-23-21(16)18/h3-10,15H,11-14H2,1-2H3. The van der Waals surface area contributed by atoms with Gasteiger partial charge in [-0.05, 0) is 30.8 Å². The van der Waals surface area contributed by atoms with Gasteiger partial charge in [-0.15, -0.1) is 0 Å². The number of piperazine rings is 1. The number of carbonyl (C=O) groups excluding carboxylic acids is 1. The Kier molecular flexibility index (Phi) is 4.77. The molecule has 1 saturated heterocycles. The van der Waals surface area contributed by atoms with E-state index >= 15 is 0 Å². The molecule has 2 heterocycles. The van der Waals surface area contributed by atoms with E-state index in [1.54, 1.807) is 13.3 Å². The number of nitrogens with zero attached hydrogens (tertiary/aromatic N) is 3. The summed E-state index contributed by atoms with van der Waals surface area (Å²) < 4.78 is 5.57. The minimum atomic E-state index is 0.0301. The monoisotopic (exact) mass is 361 g/mol. The summed E-state index contributed by atoms with van der Waals surface area (Å²) in [6.45, 7) is 3.28. The van der Waals surface area contributed by atoms with Crippen molar-refractivity contribution in [2.75, 3.05) is 40.3 Å². The Labute approximate surface area is 159 Å². The van der Waals surface area contributed by atoms with Crippen LogP contribution in [0.25, 0.3) is 22.0 Å². The van der Waals surface area contributed by atoms with Gasteiger partial charge < -0.3 is 14.5 Å². The van der Waals surface area contributed by atoms with E-state index in [0.717, 1.165) is 48.2 Å². The van der Waals surface area contributed by atoms with Gasteiger partial charge in [-0.2, -0.15) is 0 Å². The molecule has 0 aliphatic carbocycles. The highest BCUT2D eigenvalue weighted by atomic mass is 16.5. The van der Waals surface area contributed by atoms with Gasteiger partial charge in [0.2, 0.25) is 0 Å². The highest BCUT2D eigenvalue weighted by molar-refractivity contribution is 5.99. The number of methoxy groups -OCH3 is 1. The number of aromatic nitrogens is 1. The predicted octanol–water partition coefficient (Wildman–Crippen LogP) is 3.30. The third-order valence-electron chi connectivity index (χ3n) is 5.17. The van der Waals surface area contributed by atoms with E-state index in [1.807, 2.05) is 53.4 Å². The number of amides is 1. The Morgan fingerprint density at radius 3 is 2.59 bits per heavy atom. The lowest BCUT2D eigenvalue weighted by molar-refractivity contribution is 0.0661. The van der Waals surface area contributed by atoms with Gasteiger partial charge in [0.05, 0.1) is 18.2 Å². The van der Waals surface area contributed by atoms with Gasteiger partial charge in [-0.25, -0.2) is 0 Å².